The van der Waals surface area contributed by atoms with Gasteiger partial charge in [-0.3, -0.25) is 0 Å². The molecule has 0 atom stereocenters. The van der Waals surface area contributed by atoms with E-state index in [0.717, 1.165) is 22.7 Å². The van der Waals surface area contributed by atoms with Crippen molar-refractivity contribution in [3.8, 4) is 5.88 Å². The van der Waals surface area contributed by atoms with Crippen molar-refractivity contribution in [3.63, 3.8) is 0 Å². The van der Waals surface area contributed by atoms with Crippen molar-refractivity contribution in [2.24, 2.45) is 0 Å². The molecule has 2 aromatic heterocycles. The van der Waals surface area contributed by atoms with Gasteiger partial charge in [0.15, 0.2) is 0 Å². The first-order valence-electron chi connectivity index (χ1n) is 6.07. The Bertz CT molecular complexity index is 767. The summed E-state index contributed by atoms with van der Waals surface area (Å²) in [6.07, 6.45) is -2.94. The van der Waals surface area contributed by atoms with Crippen molar-refractivity contribution in [1.82, 2.24) is 9.97 Å². The van der Waals surface area contributed by atoms with E-state index in [1.165, 1.54) is 6.07 Å². The average Bonchev–Trinajstić information content (AvgIpc) is 2.84. The second-order valence-corrected chi connectivity index (χ2v) is 4.31. The van der Waals surface area contributed by atoms with Gasteiger partial charge in [0.05, 0.1) is 0 Å². The summed E-state index contributed by atoms with van der Waals surface area (Å²) in [6.45, 7) is 0. The Morgan fingerprint density at radius 1 is 1.10 bits per heavy atom. The van der Waals surface area contributed by atoms with Gasteiger partial charge in [-0.05, 0) is 30.3 Å². The number of halogens is 3. The third-order valence-electron chi connectivity index (χ3n) is 2.77. The Kier molecular flexibility index (Phi) is 3.17. The number of alkyl halides is 3. The Morgan fingerprint density at radius 3 is 2.76 bits per heavy atom. The highest BCUT2D eigenvalue weighted by Gasteiger charge is 2.31. The van der Waals surface area contributed by atoms with Gasteiger partial charge in [0.2, 0.25) is 5.88 Å². The summed E-state index contributed by atoms with van der Waals surface area (Å²) in [5, 5.41) is 3.93. The number of nitrogens with one attached hydrogen (secondary N) is 2. The van der Waals surface area contributed by atoms with Crippen LogP contribution < -0.4 is 10.1 Å². The number of anilines is 2. The van der Waals surface area contributed by atoms with Crippen molar-refractivity contribution in [3.05, 3.63) is 48.7 Å². The molecule has 2 N–H and O–H groups in total. The molecule has 0 aliphatic rings. The summed E-state index contributed by atoms with van der Waals surface area (Å²) in [7, 11) is 0. The van der Waals surface area contributed by atoms with E-state index in [2.05, 4.69) is 20.0 Å². The number of fused-ring (bicyclic) bond motifs is 1. The molecular weight excluding hydrogens is 283 g/mol. The number of H-pyrrole nitrogens is 1. The van der Waals surface area contributed by atoms with E-state index in [1.54, 1.807) is 12.1 Å². The summed E-state index contributed by atoms with van der Waals surface area (Å²) in [4.78, 5) is 6.82. The molecule has 3 aromatic rings. The monoisotopic (exact) mass is 293 g/mol. The maximum absolute atomic E-state index is 12.2. The zero-order valence-electron chi connectivity index (χ0n) is 10.6. The molecule has 4 nitrogen and oxygen atoms in total. The molecule has 0 aliphatic heterocycles. The van der Waals surface area contributed by atoms with E-state index in [1.807, 2.05) is 24.4 Å². The SMILES string of the molecule is FC(F)(F)Oc1cccc(Nc2ccc3[nH]ccc3c2)n1. The highest BCUT2D eigenvalue weighted by molar-refractivity contribution is 5.83. The van der Waals surface area contributed by atoms with Crippen molar-refractivity contribution < 1.29 is 17.9 Å². The highest BCUT2D eigenvalue weighted by Crippen LogP contribution is 2.24. The third kappa shape index (κ3) is 3.25. The number of hydrogen-bond acceptors (Lipinski definition) is 3. The zero-order valence-corrected chi connectivity index (χ0v) is 10.6. The molecule has 0 amide bonds. The van der Waals surface area contributed by atoms with E-state index in [9.17, 15) is 13.2 Å². The second kappa shape index (κ2) is 5.01. The van der Waals surface area contributed by atoms with Crippen LogP contribution in [0, 0.1) is 0 Å². The van der Waals surface area contributed by atoms with Gasteiger partial charge in [-0.25, -0.2) is 0 Å². The first kappa shape index (κ1) is 13.3. The van der Waals surface area contributed by atoms with Gasteiger partial charge in [-0.1, -0.05) is 6.07 Å². The van der Waals surface area contributed by atoms with Crippen LogP contribution in [-0.2, 0) is 0 Å². The average molecular weight is 293 g/mol. The minimum absolute atomic E-state index is 0.270. The Hall–Kier alpha value is -2.70. The molecule has 2 heterocycles. The van der Waals surface area contributed by atoms with Crippen LogP contribution in [0.2, 0.25) is 0 Å². The molecule has 108 valence electrons. The van der Waals surface area contributed by atoms with Crippen molar-refractivity contribution in [2.45, 2.75) is 6.36 Å². The topological polar surface area (TPSA) is 49.9 Å². The molecular formula is C14H10F3N3O. The molecule has 1 aromatic carbocycles. The lowest BCUT2D eigenvalue weighted by Crippen LogP contribution is -2.18. The maximum atomic E-state index is 12.2. The normalized spacial score (nSPS) is 11.6. The molecule has 3 rings (SSSR count). The van der Waals surface area contributed by atoms with E-state index in [0.29, 0.717) is 0 Å². The highest BCUT2D eigenvalue weighted by atomic mass is 19.4. The van der Waals surface area contributed by atoms with Gasteiger partial charge in [-0.15, -0.1) is 13.2 Å². The van der Waals surface area contributed by atoms with Crippen LogP contribution in [0.5, 0.6) is 5.88 Å². The fraction of sp³-hybridized carbons (Fsp3) is 0.0714. The van der Waals surface area contributed by atoms with Gasteiger partial charge in [-0.2, -0.15) is 4.98 Å². The van der Waals surface area contributed by atoms with Crippen LogP contribution in [0.25, 0.3) is 10.9 Å². The largest absolute Gasteiger partial charge is 0.574 e. The van der Waals surface area contributed by atoms with Gasteiger partial charge in [0.1, 0.15) is 5.82 Å². The van der Waals surface area contributed by atoms with E-state index in [-0.39, 0.29) is 5.82 Å². The maximum Gasteiger partial charge on any atom is 0.574 e. The molecule has 0 radical (unpaired) electrons. The summed E-state index contributed by atoms with van der Waals surface area (Å²) in [5.41, 5.74) is 1.70. The third-order valence-corrected chi connectivity index (χ3v) is 2.77. The minimum Gasteiger partial charge on any atom is -0.388 e. The molecule has 0 saturated heterocycles. The Balaban J connectivity index is 1.82. The second-order valence-electron chi connectivity index (χ2n) is 4.31. The van der Waals surface area contributed by atoms with Crippen molar-refractivity contribution in [1.29, 1.82) is 0 Å². The predicted octanol–water partition coefficient (Wildman–Crippen LogP) is 4.21. The molecule has 0 unspecified atom stereocenters. The van der Waals surface area contributed by atoms with Crippen LogP contribution in [0.1, 0.15) is 0 Å². The van der Waals surface area contributed by atoms with Gasteiger partial charge >= 0.3 is 6.36 Å². The number of ether oxygens (including phenoxy) is 1. The van der Waals surface area contributed by atoms with Gasteiger partial charge in [0, 0.05) is 28.9 Å². The quantitative estimate of drug-likeness (QED) is 0.760. The standard InChI is InChI=1S/C14H10F3N3O/c15-14(16,17)21-13-3-1-2-12(20-13)19-10-4-5-11-9(8-10)6-7-18-11/h1-8,18H,(H,19,20). The van der Waals surface area contributed by atoms with Gasteiger partial charge in [0.25, 0.3) is 0 Å². The summed E-state index contributed by atoms with van der Waals surface area (Å²) >= 11 is 0. The molecule has 0 spiro atoms. The molecule has 0 bridgehead atoms. The number of benzene rings is 1. The number of aromatic nitrogens is 2. The Labute approximate surface area is 117 Å². The minimum atomic E-state index is -4.75. The fourth-order valence-corrected chi connectivity index (χ4v) is 1.94. The summed E-state index contributed by atoms with van der Waals surface area (Å²) in [5.74, 6) is -0.234. The molecule has 0 fully saturated rings. The van der Waals surface area contributed by atoms with Crippen LogP contribution in [-0.4, -0.2) is 16.3 Å². The van der Waals surface area contributed by atoms with Crippen LogP contribution in [0.3, 0.4) is 0 Å². The lowest BCUT2D eigenvalue weighted by atomic mass is 10.2. The summed E-state index contributed by atoms with van der Waals surface area (Å²) in [6, 6.07) is 11.6. The van der Waals surface area contributed by atoms with Crippen LogP contribution in [0.15, 0.2) is 48.7 Å². The molecule has 0 aliphatic carbocycles. The smallest absolute Gasteiger partial charge is 0.388 e. The summed E-state index contributed by atoms with van der Waals surface area (Å²) < 4.78 is 40.2. The lowest BCUT2D eigenvalue weighted by Gasteiger charge is -2.10. The number of nitrogens with zero attached hydrogens (tertiary/aromatic N) is 1. The van der Waals surface area contributed by atoms with Crippen molar-refractivity contribution in [2.75, 3.05) is 5.32 Å². The first-order chi connectivity index (χ1) is 9.99. The fourth-order valence-electron chi connectivity index (χ4n) is 1.94. The van der Waals surface area contributed by atoms with E-state index in [4.69, 9.17) is 0 Å². The van der Waals surface area contributed by atoms with E-state index >= 15 is 0 Å². The van der Waals surface area contributed by atoms with Crippen molar-refractivity contribution >= 4 is 22.4 Å². The number of rotatable bonds is 3. The number of hydrogen-bond donors (Lipinski definition) is 2. The number of pyridine rings is 1. The van der Waals surface area contributed by atoms with E-state index < -0.39 is 12.2 Å². The molecule has 0 saturated carbocycles. The lowest BCUT2D eigenvalue weighted by molar-refractivity contribution is -0.276. The van der Waals surface area contributed by atoms with Gasteiger partial charge < -0.3 is 15.0 Å². The van der Waals surface area contributed by atoms with Crippen LogP contribution in [0.4, 0.5) is 24.7 Å². The molecule has 21 heavy (non-hydrogen) atoms. The first-order valence-corrected chi connectivity index (χ1v) is 6.07. The number of aromatic amines is 1. The van der Waals surface area contributed by atoms with Crippen LogP contribution >= 0.6 is 0 Å². The predicted molar refractivity (Wildman–Crippen MR) is 72.5 cm³/mol. The zero-order chi connectivity index (χ0) is 14.9. The Morgan fingerprint density at radius 2 is 1.95 bits per heavy atom. The molecule has 7 heteroatoms.